The van der Waals surface area contributed by atoms with Crippen LogP contribution in [0.25, 0.3) is 65.8 Å². The highest BCUT2D eigenvalue weighted by Gasteiger charge is 2.29. The van der Waals surface area contributed by atoms with E-state index in [1.54, 1.807) is 0 Å². The van der Waals surface area contributed by atoms with Crippen LogP contribution < -0.4 is 15.0 Å². The Hall–Kier alpha value is -6.98. The van der Waals surface area contributed by atoms with E-state index >= 15 is 0 Å². The van der Waals surface area contributed by atoms with Crippen molar-refractivity contribution in [3.63, 3.8) is 0 Å². The van der Waals surface area contributed by atoms with Gasteiger partial charge in [0, 0.05) is 33.5 Å². The molecular formula is C47H30N2O3. The number of hydrogen-bond donors (Lipinski definition) is 1. The van der Waals surface area contributed by atoms with Crippen LogP contribution in [0.1, 0.15) is 11.8 Å². The third-order valence-corrected chi connectivity index (χ3v) is 10.3. The molecule has 5 heteroatoms. The van der Waals surface area contributed by atoms with E-state index in [0.717, 1.165) is 83.5 Å². The van der Waals surface area contributed by atoms with Crippen molar-refractivity contribution in [2.24, 2.45) is 0 Å². The fraction of sp³-hybridized carbons (Fsp3) is 0.0213. The summed E-state index contributed by atoms with van der Waals surface area (Å²) in [6, 6.07) is 59.1. The Bertz CT molecular complexity index is 2980. The molecule has 0 radical (unpaired) electrons. The lowest BCUT2D eigenvalue weighted by atomic mass is 10.0. The summed E-state index contributed by atoms with van der Waals surface area (Å²) in [5.41, 5.74) is 10.5. The normalized spacial score (nSPS) is 13.9. The molecule has 1 aliphatic heterocycles. The Labute approximate surface area is 298 Å². The molecule has 1 aliphatic rings. The molecule has 1 atom stereocenters. The predicted molar refractivity (Wildman–Crippen MR) is 212 cm³/mol. The minimum Gasteiger partial charge on any atom is -0.464 e. The molecule has 1 unspecified atom stereocenters. The van der Waals surface area contributed by atoms with Crippen LogP contribution in [0.2, 0.25) is 0 Å². The third kappa shape index (κ3) is 4.49. The molecule has 2 aromatic heterocycles. The lowest BCUT2D eigenvalue weighted by molar-refractivity contribution is 0.263. The molecule has 11 rings (SSSR count). The van der Waals surface area contributed by atoms with Gasteiger partial charge in [0.2, 0.25) is 0 Å². The highest BCUT2D eigenvalue weighted by molar-refractivity contribution is 6.15. The van der Waals surface area contributed by atoms with E-state index in [1.807, 2.05) is 30.3 Å². The standard InChI is InChI=1S/C47H30N2O3/c1-2-9-29(10-3-1)31-19-21-34(22-20-31)49(35-23-24-37-36-13-6-7-16-41(36)50-43(37)28-35)40-15-8-14-38-44-42(51-45(38)40)26-25-39-46(44)52-47(48-39)33-18-17-30-11-4-5-12-32(30)27-33/h1-28,47-48H. The molecule has 3 heterocycles. The summed E-state index contributed by atoms with van der Waals surface area (Å²) in [6.45, 7) is 0. The van der Waals surface area contributed by atoms with Gasteiger partial charge in [-0.25, -0.2) is 0 Å². The van der Waals surface area contributed by atoms with Gasteiger partial charge in [0.25, 0.3) is 0 Å². The number of rotatable bonds is 5. The van der Waals surface area contributed by atoms with Crippen molar-refractivity contribution in [1.82, 2.24) is 0 Å². The van der Waals surface area contributed by atoms with E-state index in [1.165, 1.54) is 16.3 Å². The second kappa shape index (κ2) is 11.3. The van der Waals surface area contributed by atoms with Crippen LogP contribution in [0.3, 0.4) is 0 Å². The average molecular weight is 671 g/mol. The van der Waals surface area contributed by atoms with Crippen LogP contribution in [0.4, 0.5) is 22.7 Å². The van der Waals surface area contributed by atoms with Gasteiger partial charge in [-0.1, -0.05) is 109 Å². The van der Waals surface area contributed by atoms with Gasteiger partial charge in [0.05, 0.1) is 22.4 Å². The number of fused-ring (bicyclic) bond motifs is 9. The van der Waals surface area contributed by atoms with Crippen LogP contribution in [0, 0.1) is 0 Å². The average Bonchev–Trinajstić information content (AvgIpc) is 3.92. The maximum absolute atomic E-state index is 6.79. The van der Waals surface area contributed by atoms with Gasteiger partial charge in [-0.3, -0.25) is 0 Å². The van der Waals surface area contributed by atoms with Gasteiger partial charge in [-0.15, -0.1) is 0 Å². The molecule has 8 aromatic carbocycles. The molecule has 0 amide bonds. The van der Waals surface area contributed by atoms with Crippen molar-refractivity contribution in [3.05, 3.63) is 175 Å². The molecule has 0 saturated heterocycles. The zero-order valence-electron chi connectivity index (χ0n) is 27.9. The third-order valence-electron chi connectivity index (χ3n) is 10.3. The van der Waals surface area contributed by atoms with Crippen molar-refractivity contribution in [3.8, 4) is 16.9 Å². The lowest BCUT2D eigenvalue weighted by Gasteiger charge is -2.25. The SMILES string of the molecule is c1ccc(-c2ccc(N(c3ccc4c(c3)oc3ccccc34)c3cccc4c3oc3ccc5c(c34)OC(c3ccc4ccccc4c3)N5)cc2)cc1. The van der Waals surface area contributed by atoms with Crippen molar-refractivity contribution < 1.29 is 13.6 Å². The largest absolute Gasteiger partial charge is 0.464 e. The van der Waals surface area contributed by atoms with Gasteiger partial charge >= 0.3 is 0 Å². The second-order valence-electron chi connectivity index (χ2n) is 13.3. The van der Waals surface area contributed by atoms with Crippen LogP contribution in [-0.2, 0) is 0 Å². The Kier molecular flexibility index (Phi) is 6.25. The second-order valence-corrected chi connectivity index (χ2v) is 13.3. The maximum Gasteiger partial charge on any atom is 0.196 e. The zero-order chi connectivity index (χ0) is 34.2. The van der Waals surface area contributed by atoms with Crippen molar-refractivity contribution in [2.75, 3.05) is 10.2 Å². The Morgan fingerprint density at radius 3 is 2.13 bits per heavy atom. The van der Waals surface area contributed by atoms with Gasteiger partial charge < -0.3 is 23.8 Å². The summed E-state index contributed by atoms with van der Waals surface area (Å²) in [7, 11) is 0. The van der Waals surface area contributed by atoms with Crippen LogP contribution >= 0.6 is 0 Å². The van der Waals surface area contributed by atoms with Crippen LogP contribution in [-0.4, -0.2) is 0 Å². The van der Waals surface area contributed by atoms with Crippen molar-refractivity contribution >= 4 is 77.4 Å². The first-order valence-corrected chi connectivity index (χ1v) is 17.5. The Morgan fingerprint density at radius 1 is 0.481 bits per heavy atom. The summed E-state index contributed by atoms with van der Waals surface area (Å²) in [4.78, 5) is 2.25. The first-order chi connectivity index (χ1) is 25.7. The van der Waals surface area contributed by atoms with Gasteiger partial charge in [-0.05, 0) is 76.5 Å². The molecule has 0 aliphatic carbocycles. The van der Waals surface area contributed by atoms with Crippen LogP contribution in [0.5, 0.6) is 5.75 Å². The highest BCUT2D eigenvalue weighted by Crippen LogP contribution is 2.50. The molecule has 10 aromatic rings. The molecular weight excluding hydrogens is 641 g/mol. The molecule has 0 bridgehead atoms. The predicted octanol–water partition coefficient (Wildman–Crippen LogP) is 13.3. The number of hydrogen-bond acceptors (Lipinski definition) is 5. The molecule has 52 heavy (non-hydrogen) atoms. The Morgan fingerprint density at radius 2 is 1.23 bits per heavy atom. The zero-order valence-corrected chi connectivity index (χ0v) is 27.9. The molecule has 0 saturated carbocycles. The number of nitrogens with one attached hydrogen (secondary N) is 1. The van der Waals surface area contributed by atoms with E-state index in [9.17, 15) is 0 Å². The summed E-state index contributed by atoms with van der Waals surface area (Å²) >= 11 is 0. The van der Waals surface area contributed by atoms with E-state index < -0.39 is 0 Å². The fourth-order valence-electron chi connectivity index (χ4n) is 7.78. The summed E-state index contributed by atoms with van der Waals surface area (Å²) in [5, 5.41) is 10.1. The number of anilines is 4. The number of nitrogens with zero attached hydrogens (tertiary/aromatic N) is 1. The summed E-state index contributed by atoms with van der Waals surface area (Å²) < 4.78 is 19.9. The number of para-hydroxylation sites is 2. The first kappa shape index (κ1) is 28.8. The van der Waals surface area contributed by atoms with E-state index in [-0.39, 0.29) is 6.23 Å². The minimum absolute atomic E-state index is 0.312. The highest BCUT2D eigenvalue weighted by atomic mass is 16.5. The molecule has 0 spiro atoms. The fourth-order valence-corrected chi connectivity index (χ4v) is 7.78. The smallest absolute Gasteiger partial charge is 0.196 e. The van der Waals surface area contributed by atoms with Crippen molar-refractivity contribution in [1.29, 1.82) is 0 Å². The van der Waals surface area contributed by atoms with Crippen molar-refractivity contribution in [2.45, 2.75) is 6.23 Å². The first-order valence-electron chi connectivity index (χ1n) is 17.5. The summed E-state index contributed by atoms with van der Waals surface area (Å²) in [6.07, 6.45) is -0.312. The molecule has 5 nitrogen and oxygen atoms in total. The van der Waals surface area contributed by atoms with Crippen LogP contribution in [0.15, 0.2) is 179 Å². The number of ether oxygens (including phenoxy) is 1. The lowest BCUT2D eigenvalue weighted by Crippen LogP contribution is -2.10. The van der Waals surface area contributed by atoms with Gasteiger partial charge in [0.15, 0.2) is 17.6 Å². The number of furan rings is 2. The van der Waals surface area contributed by atoms with E-state index in [4.69, 9.17) is 13.6 Å². The molecule has 0 fully saturated rings. The quantitative estimate of drug-likeness (QED) is 0.197. The maximum atomic E-state index is 6.79. The monoisotopic (exact) mass is 670 g/mol. The topological polar surface area (TPSA) is 50.8 Å². The van der Waals surface area contributed by atoms with Gasteiger partial charge in [0.1, 0.15) is 16.7 Å². The number of benzene rings is 8. The van der Waals surface area contributed by atoms with Gasteiger partial charge in [-0.2, -0.15) is 0 Å². The molecule has 246 valence electrons. The van der Waals surface area contributed by atoms with E-state index in [2.05, 4.69) is 150 Å². The molecule has 1 N–H and O–H groups in total. The summed E-state index contributed by atoms with van der Waals surface area (Å²) in [5.74, 6) is 0.800. The Balaban J connectivity index is 1.06. The van der Waals surface area contributed by atoms with E-state index in [0.29, 0.717) is 0 Å². The minimum atomic E-state index is -0.312.